The van der Waals surface area contributed by atoms with Crippen molar-refractivity contribution < 1.29 is 9.45 Å². The van der Waals surface area contributed by atoms with Gasteiger partial charge in [0.15, 0.2) is 0 Å². The molecule has 0 aliphatic rings. The third kappa shape index (κ3) is 1.96. The zero-order valence-electron chi connectivity index (χ0n) is 9.98. The van der Waals surface area contributed by atoms with Crippen molar-refractivity contribution in [3.05, 3.63) is 40.4 Å². The highest BCUT2D eigenvalue weighted by Gasteiger charge is 2.20. The molecule has 3 aromatic rings. The molecule has 0 saturated heterocycles. The number of nitrogens with one attached hydrogen (secondary N) is 1. The molecule has 0 aliphatic carbocycles. The average Bonchev–Trinajstić information content (AvgIpc) is 3.07. The molecule has 0 atom stereocenters. The van der Waals surface area contributed by atoms with E-state index in [0.717, 1.165) is 0 Å². The predicted molar refractivity (Wildman–Crippen MR) is 68.4 cm³/mol. The number of anilines is 1. The van der Waals surface area contributed by atoms with Crippen molar-refractivity contribution in [3.63, 3.8) is 0 Å². The number of benzene rings is 1. The predicted octanol–water partition coefficient (Wildman–Crippen LogP) is 1.62. The fourth-order valence-electron chi connectivity index (χ4n) is 1.71. The van der Waals surface area contributed by atoms with Crippen molar-refractivity contribution in [3.8, 4) is 23.0 Å². The maximum absolute atomic E-state index is 11.0. The van der Waals surface area contributed by atoms with Crippen LogP contribution in [0.1, 0.15) is 0 Å². The fourth-order valence-corrected chi connectivity index (χ4v) is 1.71. The molecule has 20 heavy (non-hydrogen) atoms. The topological polar surface area (TPSA) is 137 Å². The molecule has 100 valence electrons. The Bertz CT molecular complexity index is 778. The summed E-state index contributed by atoms with van der Waals surface area (Å²) in [7, 11) is 0. The standard InChI is InChI=1S/C11H8N6O3/c12-9-5-7(14-15-9)11-13-10(16-20-11)6-3-1-2-4-8(6)17(18)19/h1-5H,(H3,12,14,15). The number of para-hydroxylation sites is 1. The highest BCUT2D eigenvalue weighted by Crippen LogP contribution is 2.28. The highest BCUT2D eigenvalue weighted by atomic mass is 16.6. The van der Waals surface area contributed by atoms with Crippen molar-refractivity contribution in [2.45, 2.75) is 0 Å². The maximum atomic E-state index is 11.0. The van der Waals surface area contributed by atoms with Gasteiger partial charge in [-0.2, -0.15) is 10.1 Å². The van der Waals surface area contributed by atoms with Crippen LogP contribution in [0.2, 0.25) is 0 Å². The molecule has 2 aromatic heterocycles. The van der Waals surface area contributed by atoms with Crippen LogP contribution in [-0.4, -0.2) is 25.3 Å². The van der Waals surface area contributed by atoms with Crippen molar-refractivity contribution >= 4 is 11.5 Å². The third-order valence-electron chi connectivity index (χ3n) is 2.60. The van der Waals surface area contributed by atoms with E-state index in [1.165, 1.54) is 12.1 Å². The molecular weight excluding hydrogens is 264 g/mol. The average molecular weight is 272 g/mol. The number of hydrogen-bond donors (Lipinski definition) is 2. The highest BCUT2D eigenvalue weighted by molar-refractivity contribution is 5.68. The van der Waals surface area contributed by atoms with Crippen LogP contribution in [0.3, 0.4) is 0 Å². The Hall–Kier alpha value is -3.23. The first kappa shape index (κ1) is 11.8. The summed E-state index contributed by atoms with van der Waals surface area (Å²) in [6.45, 7) is 0. The van der Waals surface area contributed by atoms with Gasteiger partial charge in [0.25, 0.3) is 11.6 Å². The molecule has 0 radical (unpaired) electrons. The molecule has 2 heterocycles. The molecule has 0 aliphatic heterocycles. The van der Waals surface area contributed by atoms with Crippen LogP contribution in [0.25, 0.3) is 23.0 Å². The second kappa shape index (κ2) is 4.46. The number of H-pyrrole nitrogens is 1. The molecular formula is C11H8N6O3. The lowest BCUT2D eigenvalue weighted by Crippen LogP contribution is -1.92. The summed E-state index contributed by atoms with van der Waals surface area (Å²) >= 11 is 0. The quantitative estimate of drug-likeness (QED) is 0.545. The number of rotatable bonds is 3. The lowest BCUT2D eigenvalue weighted by atomic mass is 10.2. The second-order valence-corrected chi connectivity index (χ2v) is 3.90. The minimum atomic E-state index is -0.500. The van der Waals surface area contributed by atoms with E-state index in [1.54, 1.807) is 18.2 Å². The van der Waals surface area contributed by atoms with Crippen molar-refractivity contribution in [1.29, 1.82) is 0 Å². The van der Waals surface area contributed by atoms with Gasteiger partial charge >= 0.3 is 0 Å². The normalized spacial score (nSPS) is 10.6. The first-order valence-corrected chi connectivity index (χ1v) is 5.54. The van der Waals surface area contributed by atoms with Crippen LogP contribution >= 0.6 is 0 Å². The number of nitro groups is 1. The number of nitrogens with zero attached hydrogens (tertiary/aromatic N) is 4. The number of aromatic amines is 1. The molecule has 0 amide bonds. The van der Waals surface area contributed by atoms with Crippen LogP contribution in [0.15, 0.2) is 34.9 Å². The summed E-state index contributed by atoms with van der Waals surface area (Å²) in [4.78, 5) is 14.6. The Morgan fingerprint density at radius 3 is 2.85 bits per heavy atom. The van der Waals surface area contributed by atoms with E-state index in [4.69, 9.17) is 10.3 Å². The van der Waals surface area contributed by atoms with Crippen molar-refractivity contribution in [2.75, 3.05) is 5.73 Å². The van der Waals surface area contributed by atoms with Gasteiger partial charge in [-0.15, -0.1) is 0 Å². The number of aromatic nitrogens is 4. The van der Waals surface area contributed by atoms with Crippen LogP contribution < -0.4 is 5.73 Å². The minimum Gasteiger partial charge on any atom is -0.382 e. The molecule has 1 aromatic carbocycles. The zero-order chi connectivity index (χ0) is 14.1. The summed E-state index contributed by atoms with van der Waals surface area (Å²) < 4.78 is 5.04. The first-order chi connectivity index (χ1) is 9.65. The summed E-state index contributed by atoms with van der Waals surface area (Å²) in [5.41, 5.74) is 6.10. The lowest BCUT2D eigenvalue weighted by Gasteiger charge is -1.95. The van der Waals surface area contributed by atoms with E-state index in [0.29, 0.717) is 5.69 Å². The van der Waals surface area contributed by atoms with Crippen LogP contribution in [0.4, 0.5) is 11.5 Å². The SMILES string of the molecule is Nc1cc(-c2nc(-c3ccccc3[N+](=O)[O-])no2)[nH]n1. The van der Waals surface area contributed by atoms with Gasteiger partial charge in [-0.1, -0.05) is 17.3 Å². The Kier molecular flexibility index (Phi) is 2.64. The van der Waals surface area contributed by atoms with Crippen LogP contribution in [0, 0.1) is 10.1 Å². The van der Waals surface area contributed by atoms with Gasteiger partial charge in [0.05, 0.1) is 4.92 Å². The van der Waals surface area contributed by atoms with E-state index in [9.17, 15) is 10.1 Å². The van der Waals surface area contributed by atoms with Gasteiger partial charge in [0.1, 0.15) is 17.1 Å². The Morgan fingerprint density at radius 1 is 1.35 bits per heavy atom. The van der Waals surface area contributed by atoms with E-state index in [1.807, 2.05) is 0 Å². The molecule has 9 nitrogen and oxygen atoms in total. The molecule has 0 bridgehead atoms. The van der Waals surface area contributed by atoms with Crippen molar-refractivity contribution in [2.24, 2.45) is 0 Å². The molecule has 3 rings (SSSR count). The summed E-state index contributed by atoms with van der Waals surface area (Å²) in [6.07, 6.45) is 0. The lowest BCUT2D eigenvalue weighted by molar-refractivity contribution is -0.384. The van der Waals surface area contributed by atoms with Gasteiger partial charge in [0, 0.05) is 12.1 Å². The fraction of sp³-hybridized carbons (Fsp3) is 0. The van der Waals surface area contributed by atoms with Gasteiger partial charge in [-0.3, -0.25) is 15.2 Å². The second-order valence-electron chi connectivity index (χ2n) is 3.90. The third-order valence-corrected chi connectivity index (χ3v) is 2.60. The first-order valence-electron chi connectivity index (χ1n) is 5.54. The van der Waals surface area contributed by atoms with E-state index in [2.05, 4.69) is 20.3 Å². The molecule has 0 fully saturated rings. The smallest absolute Gasteiger partial charge is 0.280 e. The monoisotopic (exact) mass is 272 g/mol. The molecule has 0 spiro atoms. The van der Waals surface area contributed by atoms with Crippen molar-refractivity contribution in [1.82, 2.24) is 20.3 Å². The van der Waals surface area contributed by atoms with Gasteiger partial charge in [-0.05, 0) is 6.07 Å². The van der Waals surface area contributed by atoms with Crippen LogP contribution in [-0.2, 0) is 0 Å². The summed E-state index contributed by atoms with van der Waals surface area (Å²) in [5, 5.41) is 21.1. The summed E-state index contributed by atoms with van der Waals surface area (Å²) in [6, 6.07) is 7.68. The number of nitrogen functional groups attached to an aromatic ring is 1. The van der Waals surface area contributed by atoms with E-state index < -0.39 is 4.92 Å². The minimum absolute atomic E-state index is 0.0935. The van der Waals surface area contributed by atoms with Gasteiger partial charge in [0.2, 0.25) is 5.82 Å². The summed E-state index contributed by atoms with van der Waals surface area (Å²) in [5.74, 6) is 0.563. The Balaban J connectivity index is 2.05. The Morgan fingerprint density at radius 2 is 2.15 bits per heavy atom. The number of hydrogen-bond acceptors (Lipinski definition) is 7. The molecule has 3 N–H and O–H groups in total. The largest absolute Gasteiger partial charge is 0.382 e. The zero-order valence-corrected chi connectivity index (χ0v) is 9.98. The Labute approximate surface area is 111 Å². The number of nitro benzene ring substituents is 1. The van der Waals surface area contributed by atoms with Crippen LogP contribution in [0.5, 0.6) is 0 Å². The van der Waals surface area contributed by atoms with Gasteiger partial charge < -0.3 is 10.3 Å². The van der Waals surface area contributed by atoms with E-state index in [-0.39, 0.29) is 28.8 Å². The molecule has 9 heteroatoms. The number of nitrogens with two attached hydrogens (primary N) is 1. The molecule has 0 saturated carbocycles. The van der Waals surface area contributed by atoms with E-state index >= 15 is 0 Å². The maximum Gasteiger partial charge on any atom is 0.280 e. The van der Waals surface area contributed by atoms with Gasteiger partial charge in [-0.25, -0.2) is 0 Å². The molecule has 0 unspecified atom stereocenters.